The van der Waals surface area contributed by atoms with E-state index in [-0.39, 0.29) is 42.6 Å². The molecule has 2 N–H and O–H groups in total. The number of nitrogens with zero attached hydrogens (tertiary/aromatic N) is 1. The highest BCUT2D eigenvalue weighted by Gasteiger charge is 2.64. The van der Waals surface area contributed by atoms with Crippen molar-refractivity contribution in [2.45, 2.75) is 192 Å². The lowest BCUT2D eigenvalue weighted by atomic mass is 9.77. The molecule has 0 aromatic rings. The van der Waals surface area contributed by atoms with Crippen LogP contribution in [0, 0.1) is 23.7 Å². The topological polar surface area (TPSA) is 138 Å². The Bertz CT molecular complexity index is 1180. The Hall–Kier alpha value is -0.930. The monoisotopic (exact) mass is 713 g/mol. The lowest BCUT2D eigenvalue weighted by Crippen LogP contribution is -2.60. The standard InChI is InChI=1S/C38H67NO11/c1-14-15-26-38(10,49-26)33-21(4)29-19(2)17-37(9,50-29)32(48-35-28(40)25(39(11)12)16-20(3)44-35)22(5)30(23(6)34(42)47-33)46-27-18-36(8,43-13)31(41)24(7)45-27/h19-33,35,40-41H,14-18H2,1-13H3/t19-,20?,21+,22+,23-,24?,25?,26+,27?,28?,29-,30+,31?,32-,33-,35?,36?,37?,38?/m1/s1. The first-order valence-electron chi connectivity index (χ1n) is 19.1. The van der Waals surface area contributed by atoms with Gasteiger partial charge in [0.05, 0.1) is 53.7 Å². The van der Waals surface area contributed by atoms with Crippen LogP contribution in [0.5, 0.6) is 0 Å². The van der Waals surface area contributed by atoms with Crippen molar-refractivity contribution in [2.24, 2.45) is 23.7 Å². The lowest BCUT2D eigenvalue weighted by Gasteiger charge is -2.48. The number of fused-ring (bicyclic) bond motifs is 2. The van der Waals surface area contributed by atoms with Crippen molar-refractivity contribution in [3.05, 3.63) is 0 Å². The van der Waals surface area contributed by atoms with Crippen LogP contribution in [0.4, 0.5) is 0 Å². The molecule has 12 nitrogen and oxygen atoms in total. The third kappa shape index (κ3) is 7.54. The zero-order valence-electron chi connectivity index (χ0n) is 32.8. The van der Waals surface area contributed by atoms with Gasteiger partial charge in [0.25, 0.3) is 0 Å². The van der Waals surface area contributed by atoms with Gasteiger partial charge < -0.3 is 53.0 Å². The van der Waals surface area contributed by atoms with Crippen LogP contribution in [0.3, 0.4) is 0 Å². The Morgan fingerprint density at radius 1 is 0.940 bits per heavy atom. The fourth-order valence-corrected chi connectivity index (χ4v) is 9.72. The molecule has 0 amide bonds. The molecule has 19 atom stereocenters. The molecule has 5 fully saturated rings. The van der Waals surface area contributed by atoms with Crippen molar-refractivity contribution in [2.75, 3.05) is 21.2 Å². The highest BCUT2D eigenvalue weighted by molar-refractivity contribution is 5.73. The number of aliphatic hydroxyl groups is 2. The molecule has 0 aliphatic carbocycles. The summed E-state index contributed by atoms with van der Waals surface area (Å²) in [7, 11) is 5.47. The van der Waals surface area contributed by atoms with Crippen LogP contribution < -0.4 is 0 Å². The smallest absolute Gasteiger partial charge is 0.311 e. The first-order chi connectivity index (χ1) is 23.3. The summed E-state index contributed by atoms with van der Waals surface area (Å²) in [6.45, 7) is 20.0. The van der Waals surface area contributed by atoms with E-state index in [0.29, 0.717) is 12.8 Å². The number of methoxy groups -OCH3 is 1. The largest absolute Gasteiger partial charge is 0.459 e. The molecule has 0 aromatic heterocycles. The molecule has 5 saturated heterocycles. The van der Waals surface area contributed by atoms with E-state index in [2.05, 4.69) is 27.7 Å². The van der Waals surface area contributed by atoms with Gasteiger partial charge in [-0.2, -0.15) is 0 Å². The van der Waals surface area contributed by atoms with Gasteiger partial charge in [-0.15, -0.1) is 0 Å². The van der Waals surface area contributed by atoms with Crippen LogP contribution in [0.2, 0.25) is 0 Å². The van der Waals surface area contributed by atoms with Crippen molar-refractivity contribution >= 4 is 5.97 Å². The number of aliphatic hydroxyl groups excluding tert-OH is 2. The summed E-state index contributed by atoms with van der Waals surface area (Å²) in [6, 6.07) is -0.168. The maximum atomic E-state index is 14.4. The molecule has 0 aromatic carbocycles. The fourth-order valence-electron chi connectivity index (χ4n) is 9.72. The lowest BCUT2D eigenvalue weighted by molar-refractivity contribution is -0.318. The summed E-state index contributed by atoms with van der Waals surface area (Å²) in [4.78, 5) is 16.4. The predicted octanol–water partition coefficient (Wildman–Crippen LogP) is 4.06. The van der Waals surface area contributed by atoms with E-state index in [9.17, 15) is 15.0 Å². The highest BCUT2D eigenvalue weighted by Crippen LogP contribution is 2.52. The number of hydrogen-bond donors (Lipinski definition) is 2. The Morgan fingerprint density at radius 2 is 1.62 bits per heavy atom. The second-order valence-electron chi connectivity index (χ2n) is 17.2. The van der Waals surface area contributed by atoms with E-state index in [4.69, 9.17) is 37.9 Å². The third-order valence-corrected chi connectivity index (χ3v) is 12.8. The van der Waals surface area contributed by atoms with Crippen molar-refractivity contribution in [3.63, 3.8) is 0 Å². The van der Waals surface area contributed by atoms with Crippen LogP contribution in [0.15, 0.2) is 0 Å². The van der Waals surface area contributed by atoms with Gasteiger partial charge in [0.15, 0.2) is 12.6 Å². The molecule has 0 saturated carbocycles. The van der Waals surface area contributed by atoms with E-state index < -0.39 is 83.8 Å². The molecular formula is C38H67NO11. The molecule has 5 aliphatic heterocycles. The number of epoxide rings is 1. The van der Waals surface area contributed by atoms with E-state index in [1.54, 1.807) is 14.0 Å². The number of likely N-dealkylation sites (N-methyl/N-ethyl adjacent to an activating group) is 1. The summed E-state index contributed by atoms with van der Waals surface area (Å²) < 4.78 is 52.1. The minimum absolute atomic E-state index is 0.00910. The first-order valence-corrected chi connectivity index (χ1v) is 19.1. The van der Waals surface area contributed by atoms with Crippen molar-refractivity contribution < 1.29 is 52.9 Å². The molecule has 10 unspecified atom stereocenters. The van der Waals surface area contributed by atoms with Gasteiger partial charge in [-0.1, -0.05) is 34.1 Å². The molecule has 5 rings (SSSR count). The molecule has 290 valence electrons. The molecule has 50 heavy (non-hydrogen) atoms. The van der Waals surface area contributed by atoms with E-state index >= 15 is 0 Å². The van der Waals surface area contributed by atoms with Gasteiger partial charge in [-0.3, -0.25) is 4.79 Å². The average Bonchev–Trinajstić information content (AvgIpc) is 3.60. The summed E-state index contributed by atoms with van der Waals surface area (Å²) in [5.74, 6) is -1.68. The number of ether oxygens (including phenoxy) is 8. The number of hydrogen-bond acceptors (Lipinski definition) is 12. The van der Waals surface area contributed by atoms with Gasteiger partial charge in [-0.05, 0) is 80.8 Å². The Balaban J connectivity index is 1.56. The molecule has 0 radical (unpaired) electrons. The number of esters is 1. The molecular weight excluding hydrogens is 646 g/mol. The minimum Gasteiger partial charge on any atom is -0.459 e. The van der Waals surface area contributed by atoms with Crippen LogP contribution in [0.25, 0.3) is 0 Å². The van der Waals surface area contributed by atoms with E-state index in [1.165, 1.54) is 0 Å². The zero-order chi connectivity index (χ0) is 37.1. The number of carbonyl (C=O) groups excluding carboxylic acids is 1. The Labute approximate surface area is 300 Å². The summed E-state index contributed by atoms with van der Waals surface area (Å²) in [6.07, 6.45) is -3.04. The second kappa shape index (κ2) is 15.1. The Kier molecular flexibility index (Phi) is 12.1. The minimum atomic E-state index is -0.932. The first kappa shape index (κ1) is 40.3. The number of carbonyl (C=O) groups is 1. The third-order valence-electron chi connectivity index (χ3n) is 12.8. The predicted molar refractivity (Wildman–Crippen MR) is 185 cm³/mol. The molecule has 12 heteroatoms. The van der Waals surface area contributed by atoms with E-state index in [0.717, 1.165) is 12.8 Å². The van der Waals surface area contributed by atoms with Crippen LogP contribution in [-0.2, 0) is 42.7 Å². The summed E-state index contributed by atoms with van der Waals surface area (Å²) >= 11 is 0. The van der Waals surface area contributed by atoms with Gasteiger partial charge in [0.2, 0.25) is 0 Å². The van der Waals surface area contributed by atoms with Crippen LogP contribution in [0.1, 0.15) is 101 Å². The maximum absolute atomic E-state index is 14.4. The SMILES string of the molecule is CCC[C@@H]1OC1(C)[C@@H]1OC(=O)[C@H](C)[C@@H](OC2CC(C)(OC)C(O)C(C)O2)[C@H](C)[C@@H](OC2OC(C)CC(N(C)C)C2O)C2(C)C[C@@H](C)[C@@H](O2)[C@@H]1C. The zero-order valence-corrected chi connectivity index (χ0v) is 32.8. The molecule has 5 heterocycles. The number of rotatable bonds is 9. The normalized spacial score (nSPS) is 53.2. The average molecular weight is 714 g/mol. The van der Waals surface area contributed by atoms with Crippen LogP contribution in [-0.4, -0.2) is 133 Å². The quantitative estimate of drug-likeness (QED) is 0.263. The van der Waals surface area contributed by atoms with Crippen molar-refractivity contribution in [1.29, 1.82) is 0 Å². The van der Waals surface area contributed by atoms with Gasteiger partial charge in [0.1, 0.15) is 23.9 Å². The van der Waals surface area contributed by atoms with Gasteiger partial charge in [0, 0.05) is 31.4 Å². The second-order valence-corrected chi connectivity index (χ2v) is 17.2. The Morgan fingerprint density at radius 3 is 2.24 bits per heavy atom. The fraction of sp³-hybridized carbons (Fsp3) is 0.974. The van der Waals surface area contributed by atoms with Gasteiger partial charge >= 0.3 is 5.97 Å². The molecule has 0 spiro atoms. The molecule has 5 aliphatic rings. The van der Waals surface area contributed by atoms with Crippen LogP contribution >= 0.6 is 0 Å². The van der Waals surface area contributed by atoms with Crippen molar-refractivity contribution in [1.82, 2.24) is 4.90 Å². The summed E-state index contributed by atoms with van der Waals surface area (Å²) in [5.41, 5.74) is -2.39. The number of cyclic esters (lactones) is 1. The molecule has 2 bridgehead atoms. The van der Waals surface area contributed by atoms with Crippen molar-refractivity contribution in [3.8, 4) is 0 Å². The van der Waals surface area contributed by atoms with Gasteiger partial charge in [-0.25, -0.2) is 0 Å². The summed E-state index contributed by atoms with van der Waals surface area (Å²) in [5, 5.41) is 22.5. The maximum Gasteiger partial charge on any atom is 0.311 e. The highest BCUT2D eigenvalue weighted by atomic mass is 16.7. The van der Waals surface area contributed by atoms with E-state index in [1.807, 2.05) is 53.6 Å².